The molecule has 1 amide bonds. The molecule has 0 spiro atoms. The van der Waals surface area contributed by atoms with Crippen LogP contribution < -0.4 is 9.64 Å². The van der Waals surface area contributed by atoms with Gasteiger partial charge in [0.15, 0.2) is 11.6 Å². The van der Waals surface area contributed by atoms with Crippen LogP contribution in [-0.2, 0) is 11.2 Å². The van der Waals surface area contributed by atoms with E-state index >= 15 is 0 Å². The zero-order valence-corrected chi connectivity index (χ0v) is 22.6. The van der Waals surface area contributed by atoms with Crippen molar-refractivity contribution in [1.82, 2.24) is 14.8 Å². The molecule has 2 aromatic rings. The summed E-state index contributed by atoms with van der Waals surface area (Å²) in [5, 5.41) is 0. The van der Waals surface area contributed by atoms with E-state index in [1.54, 1.807) is 13.2 Å². The number of rotatable bonds is 7. The summed E-state index contributed by atoms with van der Waals surface area (Å²) in [5.74, 6) is 0.809. The molecule has 1 saturated carbocycles. The molecule has 38 heavy (non-hydrogen) atoms. The summed E-state index contributed by atoms with van der Waals surface area (Å²) in [6.45, 7) is 7.67. The highest BCUT2D eigenvalue weighted by molar-refractivity contribution is 5.80. The lowest BCUT2D eigenvalue weighted by Crippen LogP contribution is -2.57. The van der Waals surface area contributed by atoms with Gasteiger partial charge in [0, 0.05) is 69.8 Å². The molecular formula is C30H40F2N4O2. The minimum absolute atomic E-state index is 0.0405. The molecule has 0 radical (unpaired) electrons. The number of halogens is 2. The zero-order valence-electron chi connectivity index (χ0n) is 22.6. The van der Waals surface area contributed by atoms with Crippen molar-refractivity contribution in [2.24, 2.45) is 23.7 Å². The second-order valence-corrected chi connectivity index (χ2v) is 11.5. The first-order valence-electron chi connectivity index (χ1n) is 14.1. The minimum Gasteiger partial charge on any atom is -0.481 e. The molecule has 5 rings (SSSR count). The Morgan fingerprint density at radius 1 is 1.05 bits per heavy atom. The van der Waals surface area contributed by atoms with Crippen molar-refractivity contribution >= 4 is 11.6 Å². The first kappa shape index (κ1) is 26.9. The van der Waals surface area contributed by atoms with Crippen LogP contribution in [0.5, 0.6) is 5.88 Å². The van der Waals surface area contributed by atoms with Crippen molar-refractivity contribution in [2.45, 2.75) is 39.0 Å². The van der Waals surface area contributed by atoms with Crippen molar-refractivity contribution in [3.05, 3.63) is 53.7 Å². The Balaban J connectivity index is 1.20. The second-order valence-electron chi connectivity index (χ2n) is 11.5. The van der Waals surface area contributed by atoms with Crippen LogP contribution in [0.4, 0.5) is 14.5 Å². The maximum atomic E-state index is 13.9. The van der Waals surface area contributed by atoms with E-state index in [1.807, 2.05) is 22.1 Å². The largest absolute Gasteiger partial charge is 0.481 e. The van der Waals surface area contributed by atoms with E-state index < -0.39 is 11.6 Å². The van der Waals surface area contributed by atoms with Gasteiger partial charge in [-0.25, -0.2) is 13.8 Å². The molecule has 1 aromatic carbocycles. The van der Waals surface area contributed by atoms with E-state index in [2.05, 4.69) is 22.9 Å². The lowest BCUT2D eigenvalue weighted by Gasteiger charge is -2.48. The minimum atomic E-state index is -0.832. The van der Waals surface area contributed by atoms with E-state index in [0.717, 1.165) is 32.5 Å². The van der Waals surface area contributed by atoms with E-state index in [4.69, 9.17) is 4.74 Å². The van der Waals surface area contributed by atoms with Crippen LogP contribution in [0.25, 0.3) is 0 Å². The third kappa shape index (κ3) is 6.11. The second kappa shape index (κ2) is 12.0. The monoisotopic (exact) mass is 526 g/mol. The number of fused-ring (bicyclic) bond motifs is 1. The van der Waals surface area contributed by atoms with Crippen LogP contribution in [0.15, 0.2) is 36.5 Å². The van der Waals surface area contributed by atoms with Crippen molar-refractivity contribution < 1.29 is 18.3 Å². The van der Waals surface area contributed by atoms with Crippen LogP contribution in [0.2, 0.25) is 0 Å². The highest BCUT2D eigenvalue weighted by Gasteiger charge is 2.43. The fraction of sp³-hybridized carbons (Fsp3) is 0.600. The van der Waals surface area contributed by atoms with Gasteiger partial charge in [-0.1, -0.05) is 25.8 Å². The van der Waals surface area contributed by atoms with Crippen LogP contribution in [0.1, 0.15) is 38.2 Å². The Labute approximate surface area is 225 Å². The molecule has 3 heterocycles. The standard InChI is InChI=1S/C30H40F2N4O2/c1-21(15-22-7-10-29(38-2)33-17-22)18-34-19-23-5-3-4-6-25(23)26(20-34)30(37)36-13-11-35(12-14-36)24-8-9-27(31)28(32)16-24/h7-10,16-17,21,23,25-26H,3-6,11-15,18-20H2,1-2H3/t21-,23-,25+,26-/m1/s1. The Morgan fingerprint density at radius 3 is 2.55 bits per heavy atom. The number of ether oxygens (including phenoxy) is 1. The zero-order chi connectivity index (χ0) is 26.6. The number of benzene rings is 1. The molecule has 6 nitrogen and oxygen atoms in total. The number of methoxy groups -OCH3 is 1. The summed E-state index contributed by atoms with van der Waals surface area (Å²) in [5.41, 5.74) is 1.88. The third-order valence-corrected chi connectivity index (χ3v) is 8.77. The number of pyridine rings is 1. The maximum absolute atomic E-state index is 13.9. The predicted octanol–water partition coefficient (Wildman–Crippen LogP) is 4.63. The fourth-order valence-electron chi connectivity index (χ4n) is 6.88. The summed E-state index contributed by atoms with van der Waals surface area (Å²) in [7, 11) is 1.63. The van der Waals surface area contributed by atoms with E-state index in [0.29, 0.717) is 55.5 Å². The van der Waals surface area contributed by atoms with Crippen LogP contribution >= 0.6 is 0 Å². The van der Waals surface area contributed by atoms with Crippen molar-refractivity contribution in [3.63, 3.8) is 0 Å². The van der Waals surface area contributed by atoms with Gasteiger partial charge in [-0.3, -0.25) is 4.79 Å². The lowest BCUT2D eigenvalue weighted by molar-refractivity contribution is -0.142. The van der Waals surface area contributed by atoms with Gasteiger partial charge in [-0.2, -0.15) is 0 Å². The van der Waals surface area contributed by atoms with E-state index in [9.17, 15) is 13.6 Å². The highest BCUT2D eigenvalue weighted by Crippen LogP contribution is 2.40. The predicted molar refractivity (Wildman–Crippen MR) is 144 cm³/mol. The van der Waals surface area contributed by atoms with E-state index in [-0.39, 0.29) is 11.8 Å². The molecule has 2 aliphatic heterocycles. The Hall–Kier alpha value is -2.74. The molecule has 3 fully saturated rings. The van der Waals surface area contributed by atoms with Crippen molar-refractivity contribution in [3.8, 4) is 5.88 Å². The number of piperidine rings is 1. The van der Waals surface area contributed by atoms with Gasteiger partial charge in [0.2, 0.25) is 11.8 Å². The van der Waals surface area contributed by atoms with Crippen LogP contribution in [-0.4, -0.2) is 73.6 Å². The number of carbonyl (C=O) groups is 1. The van der Waals surface area contributed by atoms with Gasteiger partial charge >= 0.3 is 0 Å². The maximum Gasteiger partial charge on any atom is 0.227 e. The number of hydrogen-bond acceptors (Lipinski definition) is 5. The number of nitrogens with zero attached hydrogens (tertiary/aromatic N) is 4. The molecule has 206 valence electrons. The fourth-order valence-corrected chi connectivity index (χ4v) is 6.88. The summed E-state index contributed by atoms with van der Waals surface area (Å²) >= 11 is 0. The molecule has 0 unspecified atom stereocenters. The number of amides is 1. The van der Waals surface area contributed by atoms with Crippen LogP contribution in [0, 0.1) is 35.3 Å². The Kier molecular flexibility index (Phi) is 8.46. The van der Waals surface area contributed by atoms with Crippen molar-refractivity contribution in [2.75, 3.05) is 57.8 Å². The summed E-state index contributed by atoms with van der Waals surface area (Å²) < 4.78 is 32.3. The Bertz CT molecular complexity index is 1090. The van der Waals surface area contributed by atoms with Crippen LogP contribution in [0.3, 0.4) is 0 Å². The number of hydrogen-bond donors (Lipinski definition) is 0. The molecule has 1 aliphatic carbocycles. The van der Waals surface area contributed by atoms with Gasteiger partial charge in [-0.05, 0) is 54.7 Å². The van der Waals surface area contributed by atoms with Gasteiger partial charge in [0.05, 0.1) is 13.0 Å². The molecule has 0 N–H and O–H groups in total. The number of carbonyl (C=O) groups excluding carboxylic acids is 1. The normalized spacial score (nSPS) is 25.1. The van der Waals surface area contributed by atoms with E-state index in [1.165, 1.54) is 37.0 Å². The highest BCUT2D eigenvalue weighted by atomic mass is 19.2. The van der Waals surface area contributed by atoms with Gasteiger partial charge < -0.3 is 19.4 Å². The smallest absolute Gasteiger partial charge is 0.227 e. The molecule has 2 saturated heterocycles. The summed E-state index contributed by atoms with van der Waals surface area (Å²) in [4.78, 5) is 24.8. The van der Waals surface area contributed by atoms with Gasteiger partial charge in [-0.15, -0.1) is 0 Å². The average molecular weight is 527 g/mol. The van der Waals surface area contributed by atoms with Crippen molar-refractivity contribution in [1.29, 1.82) is 0 Å². The molecule has 0 bridgehead atoms. The molecule has 3 aliphatic rings. The molecule has 8 heteroatoms. The van der Waals surface area contributed by atoms with Gasteiger partial charge in [0.25, 0.3) is 0 Å². The number of likely N-dealkylation sites (tertiary alicyclic amines) is 1. The third-order valence-electron chi connectivity index (χ3n) is 8.77. The number of piperazine rings is 1. The SMILES string of the molecule is COc1ccc(C[C@@H](C)CN2C[C@H]3CCCC[C@@H]3[C@H](C(=O)N3CCN(c4ccc(F)c(F)c4)CC3)C2)cn1. The Morgan fingerprint density at radius 2 is 1.84 bits per heavy atom. The first-order valence-corrected chi connectivity index (χ1v) is 14.1. The molecule has 1 aromatic heterocycles. The average Bonchev–Trinajstić information content (AvgIpc) is 2.94. The number of aromatic nitrogens is 1. The molecule has 4 atom stereocenters. The summed E-state index contributed by atoms with van der Waals surface area (Å²) in [6, 6.07) is 8.04. The van der Waals surface area contributed by atoms with Gasteiger partial charge in [0.1, 0.15) is 0 Å². The molecular weight excluding hydrogens is 486 g/mol. The first-order chi connectivity index (χ1) is 18.4. The topological polar surface area (TPSA) is 48.9 Å². The summed E-state index contributed by atoms with van der Waals surface area (Å²) in [6.07, 6.45) is 7.69. The lowest BCUT2D eigenvalue weighted by atomic mass is 9.69. The quantitative estimate of drug-likeness (QED) is 0.527. The number of anilines is 1.